The number of carboxylic acid groups (broad SMARTS) is 1. The molecule has 1 amide bonds. The van der Waals surface area contributed by atoms with E-state index < -0.39 is 5.97 Å². The van der Waals surface area contributed by atoms with Gasteiger partial charge in [-0.25, -0.2) is 0 Å². The number of amides is 1. The monoisotopic (exact) mass is 330 g/mol. The molecule has 128 valence electrons. The van der Waals surface area contributed by atoms with E-state index in [4.69, 9.17) is 5.11 Å². The van der Waals surface area contributed by atoms with Gasteiger partial charge in [-0.05, 0) is 45.4 Å². The standard InChI is InChI=1S/C16H30N2O3S/c1-4-5-11-22-13(2)16(21)18-9-6-7-14(8-10-18)17(3)12-15(19)20/h13-14H,4-12H2,1-3H3,(H,19,20). The third kappa shape index (κ3) is 6.57. The van der Waals surface area contributed by atoms with E-state index in [1.165, 1.54) is 0 Å². The zero-order chi connectivity index (χ0) is 16.5. The van der Waals surface area contributed by atoms with Gasteiger partial charge in [0.05, 0.1) is 11.8 Å². The van der Waals surface area contributed by atoms with Crippen LogP contribution in [0.25, 0.3) is 0 Å². The Morgan fingerprint density at radius 1 is 1.36 bits per heavy atom. The van der Waals surface area contributed by atoms with Crippen LogP contribution in [0.3, 0.4) is 0 Å². The predicted molar refractivity (Wildman–Crippen MR) is 91.3 cm³/mol. The summed E-state index contributed by atoms with van der Waals surface area (Å²) in [6.07, 6.45) is 5.10. The minimum absolute atomic E-state index is 0.0276. The Hall–Kier alpha value is -0.750. The number of rotatable bonds is 8. The second-order valence-corrected chi connectivity index (χ2v) is 7.53. The molecule has 0 aromatic carbocycles. The molecular weight excluding hydrogens is 300 g/mol. The van der Waals surface area contributed by atoms with Crippen molar-refractivity contribution in [1.29, 1.82) is 0 Å². The van der Waals surface area contributed by atoms with Crippen LogP contribution in [0.5, 0.6) is 0 Å². The van der Waals surface area contributed by atoms with Crippen LogP contribution in [0, 0.1) is 0 Å². The maximum Gasteiger partial charge on any atom is 0.317 e. The molecule has 1 heterocycles. The number of aliphatic carboxylic acids is 1. The van der Waals surface area contributed by atoms with Gasteiger partial charge in [0.1, 0.15) is 0 Å². The minimum Gasteiger partial charge on any atom is -0.480 e. The SMILES string of the molecule is CCCCSC(C)C(=O)N1CCCC(N(C)CC(=O)O)CC1. The summed E-state index contributed by atoms with van der Waals surface area (Å²) < 4.78 is 0. The first-order valence-corrected chi connectivity index (χ1v) is 9.33. The van der Waals surface area contributed by atoms with Crippen LogP contribution in [0.1, 0.15) is 46.0 Å². The van der Waals surface area contributed by atoms with E-state index in [1.54, 1.807) is 11.8 Å². The van der Waals surface area contributed by atoms with Gasteiger partial charge in [0.2, 0.25) is 5.91 Å². The summed E-state index contributed by atoms with van der Waals surface area (Å²) in [5, 5.41) is 8.92. The normalized spacial score (nSPS) is 20.7. The van der Waals surface area contributed by atoms with Crippen molar-refractivity contribution in [2.75, 3.05) is 32.4 Å². The molecule has 1 aliphatic heterocycles. The molecule has 2 atom stereocenters. The molecule has 1 fully saturated rings. The molecule has 0 aromatic heterocycles. The molecule has 0 aliphatic carbocycles. The molecule has 1 aliphatic rings. The molecule has 1 saturated heterocycles. The molecule has 0 spiro atoms. The lowest BCUT2D eigenvalue weighted by Gasteiger charge is -2.26. The van der Waals surface area contributed by atoms with E-state index in [0.717, 1.165) is 50.9 Å². The topological polar surface area (TPSA) is 60.9 Å². The lowest BCUT2D eigenvalue weighted by Crippen LogP contribution is -2.39. The molecule has 2 unspecified atom stereocenters. The zero-order valence-electron chi connectivity index (χ0n) is 14.1. The summed E-state index contributed by atoms with van der Waals surface area (Å²) >= 11 is 1.75. The second-order valence-electron chi connectivity index (χ2n) is 6.09. The Bertz CT molecular complexity index is 365. The average Bonchev–Trinajstić information content (AvgIpc) is 2.71. The summed E-state index contributed by atoms with van der Waals surface area (Å²) in [5.74, 6) is 0.490. The molecule has 1 rings (SSSR count). The van der Waals surface area contributed by atoms with Gasteiger partial charge >= 0.3 is 5.97 Å². The van der Waals surface area contributed by atoms with Crippen molar-refractivity contribution in [3.05, 3.63) is 0 Å². The van der Waals surface area contributed by atoms with Crippen molar-refractivity contribution in [2.24, 2.45) is 0 Å². The van der Waals surface area contributed by atoms with Crippen LogP contribution in [0.2, 0.25) is 0 Å². The molecule has 0 radical (unpaired) electrons. The minimum atomic E-state index is -0.791. The van der Waals surface area contributed by atoms with Crippen LogP contribution in [0.4, 0.5) is 0 Å². The quantitative estimate of drug-likeness (QED) is 0.692. The highest BCUT2D eigenvalue weighted by Gasteiger charge is 2.26. The Morgan fingerprint density at radius 3 is 2.73 bits per heavy atom. The Morgan fingerprint density at radius 2 is 2.09 bits per heavy atom. The Balaban J connectivity index is 2.44. The maximum atomic E-state index is 12.5. The van der Waals surface area contributed by atoms with E-state index >= 15 is 0 Å². The Labute approximate surface area is 138 Å². The first kappa shape index (κ1) is 19.3. The summed E-state index contributed by atoms with van der Waals surface area (Å²) in [4.78, 5) is 27.2. The van der Waals surface area contributed by atoms with Crippen molar-refractivity contribution in [2.45, 2.75) is 57.2 Å². The van der Waals surface area contributed by atoms with Crippen LogP contribution in [-0.2, 0) is 9.59 Å². The van der Waals surface area contributed by atoms with Crippen LogP contribution < -0.4 is 0 Å². The summed E-state index contributed by atoms with van der Waals surface area (Å²) in [6, 6.07) is 0.261. The number of hydrogen-bond donors (Lipinski definition) is 1. The van der Waals surface area contributed by atoms with E-state index in [2.05, 4.69) is 6.92 Å². The fraction of sp³-hybridized carbons (Fsp3) is 0.875. The fourth-order valence-electron chi connectivity index (χ4n) is 2.82. The lowest BCUT2D eigenvalue weighted by atomic mass is 10.1. The molecule has 0 bridgehead atoms. The van der Waals surface area contributed by atoms with Gasteiger partial charge in [-0.2, -0.15) is 0 Å². The van der Waals surface area contributed by atoms with Crippen LogP contribution in [-0.4, -0.2) is 70.5 Å². The van der Waals surface area contributed by atoms with E-state index in [1.807, 2.05) is 23.8 Å². The summed E-state index contributed by atoms with van der Waals surface area (Å²) in [6.45, 7) is 5.78. The maximum absolute atomic E-state index is 12.5. The van der Waals surface area contributed by atoms with Gasteiger partial charge in [-0.1, -0.05) is 13.3 Å². The van der Waals surface area contributed by atoms with Crippen LogP contribution >= 0.6 is 11.8 Å². The van der Waals surface area contributed by atoms with Gasteiger partial charge in [0.25, 0.3) is 0 Å². The zero-order valence-corrected chi connectivity index (χ0v) is 14.9. The molecule has 0 saturated carbocycles. The van der Waals surface area contributed by atoms with Gasteiger partial charge in [-0.3, -0.25) is 14.5 Å². The van der Waals surface area contributed by atoms with Gasteiger partial charge in [0, 0.05) is 19.1 Å². The van der Waals surface area contributed by atoms with E-state index in [0.29, 0.717) is 0 Å². The predicted octanol–water partition coefficient (Wildman–Crippen LogP) is 2.31. The smallest absolute Gasteiger partial charge is 0.317 e. The first-order valence-electron chi connectivity index (χ1n) is 8.28. The molecule has 1 N–H and O–H groups in total. The van der Waals surface area contributed by atoms with E-state index in [9.17, 15) is 9.59 Å². The highest BCUT2D eigenvalue weighted by Crippen LogP contribution is 2.20. The number of hydrogen-bond acceptors (Lipinski definition) is 4. The summed E-state index contributed by atoms with van der Waals surface area (Å²) in [7, 11) is 1.86. The highest BCUT2D eigenvalue weighted by atomic mass is 32.2. The molecule has 6 heteroatoms. The Kier molecular flexibility index (Phi) is 8.86. The molecular formula is C16H30N2O3S. The van der Waals surface area contributed by atoms with Gasteiger partial charge < -0.3 is 10.0 Å². The van der Waals surface area contributed by atoms with Gasteiger partial charge in [0.15, 0.2) is 0 Å². The van der Waals surface area contributed by atoms with Crippen molar-refractivity contribution >= 4 is 23.6 Å². The molecule has 22 heavy (non-hydrogen) atoms. The number of likely N-dealkylation sites (tertiary alicyclic amines) is 1. The number of carbonyl (C=O) groups excluding carboxylic acids is 1. The lowest BCUT2D eigenvalue weighted by molar-refractivity contribution is -0.138. The largest absolute Gasteiger partial charge is 0.480 e. The molecule has 5 nitrogen and oxygen atoms in total. The van der Waals surface area contributed by atoms with Crippen molar-refractivity contribution < 1.29 is 14.7 Å². The summed E-state index contributed by atoms with van der Waals surface area (Å²) in [5.41, 5.74) is 0. The third-order valence-corrected chi connectivity index (χ3v) is 5.46. The van der Waals surface area contributed by atoms with Crippen molar-refractivity contribution in [1.82, 2.24) is 9.80 Å². The highest BCUT2D eigenvalue weighted by molar-refractivity contribution is 8.00. The van der Waals surface area contributed by atoms with Crippen LogP contribution in [0.15, 0.2) is 0 Å². The van der Waals surface area contributed by atoms with Crippen molar-refractivity contribution in [3.63, 3.8) is 0 Å². The second kappa shape index (κ2) is 10.1. The average molecular weight is 330 g/mol. The number of unbranched alkanes of at least 4 members (excludes halogenated alkanes) is 1. The van der Waals surface area contributed by atoms with Gasteiger partial charge in [-0.15, -0.1) is 11.8 Å². The number of carboxylic acids is 1. The fourth-order valence-corrected chi connectivity index (χ4v) is 3.92. The molecule has 0 aromatic rings. The third-order valence-electron chi connectivity index (χ3n) is 4.23. The number of thioether (sulfide) groups is 1. The van der Waals surface area contributed by atoms with E-state index in [-0.39, 0.29) is 23.7 Å². The number of carbonyl (C=O) groups is 2. The number of likely N-dealkylation sites (N-methyl/N-ethyl adjacent to an activating group) is 1. The number of nitrogens with zero attached hydrogens (tertiary/aromatic N) is 2. The van der Waals surface area contributed by atoms with Crippen molar-refractivity contribution in [3.8, 4) is 0 Å². The first-order chi connectivity index (χ1) is 10.5.